The number of benzene rings is 3. The Kier molecular flexibility index (Phi) is 7.71. The summed E-state index contributed by atoms with van der Waals surface area (Å²) in [5, 5.41) is 22.7. The van der Waals surface area contributed by atoms with E-state index in [1.165, 1.54) is 49.6 Å². The van der Waals surface area contributed by atoms with Crippen molar-refractivity contribution in [3.05, 3.63) is 105 Å². The molecule has 0 heterocycles. The number of carbonyl (C=O) groups excluding carboxylic acids is 2. The number of rotatable bonds is 8. The van der Waals surface area contributed by atoms with Gasteiger partial charge in [0.05, 0.1) is 17.6 Å². The molecule has 0 radical (unpaired) electrons. The molecule has 0 aliphatic carbocycles. The van der Waals surface area contributed by atoms with Crippen LogP contribution in [0.4, 0.5) is 11.4 Å². The lowest BCUT2D eigenvalue weighted by molar-refractivity contribution is -0.384. The molecule has 170 valence electrons. The van der Waals surface area contributed by atoms with E-state index in [0.717, 1.165) is 5.56 Å². The molecule has 0 saturated carbocycles. The fourth-order valence-electron chi connectivity index (χ4n) is 2.86. The second-order valence-electron chi connectivity index (χ2n) is 6.97. The number of nitro groups is 1. The van der Waals surface area contributed by atoms with Crippen LogP contribution in [-0.4, -0.2) is 23.9 Å². The molecule has 3 aromatic carbocycles. The number of nitriles is 1. The van der Waals surface area contributed by atoms with Crippen molar-refractivity contribution in [3.63, 3.8) is 0 Å². The summed E-state index contributed by atoms with van der Waals surface area (Å²) in [5.74, 6) is -0.522. The summed E-state index contributed by atoms with van der Waals surface area (Å²) in [6.45, 7) is 0.230. The average molecular weight is 457 g/mol. The van der Waals surface area contributed by atoms with E-state index < -0.39 is 16.8 Å². The standard InChI is InChI=1S/C25H19N3O6/c1-33-25(30)19-6-8-21(9-7-19)27-24(29)20(15-26)14-17-4-12-23(13-5-17)34-16-18-2-10-22(11-3-18)28(31)32/h2-14H,16H2,1H3,(H,27,29)/b20-14+. The lowest BCUT2D eigenvalue weighted by atomic mass is 10.1. The molecular formula is C25H19N3O6. The number of nitrogens with one attached hydrogen (secondary N) is 1. The number of esters is 1. The number of carbonyl (C=O) groups is 2. The number of methoxy groups -OCH3 is 1. The highest BCUT2D eigenvalue weighted by Crippen LogP contribution is 2.18. The number of anilines is 1. The van der Waals surface area contributed by atoms with Gasteiger partial charge in [-0.25, -0.2) is 4.79 Å². The van der Waals surface area contributed by atoms with Crippen LogP contribution in [0.3, 0.4) is 0 Å². The second-order valence-corrected chi connectivity index (χ2v) is 6.97. The lowest BCUT2D eigenvalue weighted by Crippen LogP contribution is -2.13. The van der Waals surface area contributed by atoms with Crippen molar-refractivity contribution < 1.29 is 24.0 Å². The minimum atomic E-state index is -0.591. The third kappa shape index (κ3) is 6.27. The summed E-state index contributed by atoms with van der Waals surface area (Å²) in [7, 11) is 1.28. The summed E-state index contributed by atoms with van der Waals surface area (Å²) in [4.78, 5) is 34.2. The third-order valence-electron chi connectivity index (χ3n) is 4.67. The predicted octanol–water partition coefficient (Wildman–Crippen LogP) is 4.51. The first-order valence-electron chi connectivity index (χ1n) is 9.97. The summed E-state index contributed by atoms with van der Waals surface area (Å²) in [6, 6.07) is 20.8. The van der Waals surface area contributed by atoms with E-state index in [1.54, 1.807) is 36.4 Å². The third-order valence-corrected chi connectivity index (χ3v) is 4.67. The first-order chi connectivity index (χ1) is 16.4. The molecule has 0 aromatic heterocycles. The molecule has 1 amide bonds. The van der Waals surface area contributed by atoms with Gasteiger partial charge in [-0.1, -0.05) is 12.1 Å². The van der Waals surface area contributed by atoms with Gasteiger partial charge in [0, 0.05) is 17.8 Å². The zero-order chi connectivity index (χ0) is 24.5. The van der Waals surface area contributed by atoms with E-state index in [0.29, 0.717) is 22.6 Å². The highest BCUT2D eigenvalue weighted by atomic mass is 16.6. The molecule has 0 bridgehead atoms. The topological polar surface area (TPSA) is 132 Å². The first-order valence-corrected chi connectivity index (χ1v) is 9.97. The van der Waals surface area contributed by atoms with Crippen LogP contribution in [0, 0.1) is 21.4 Å². The Bertz CT molecular complexity index is 1260. The maximum atomic E-state index is 12.5. The Morgan fingerprint density at radius 1 is 1.03 bits per heavy atom. The zero-order valence-electron chi connectivity index (χ0n) is 18.1. The Morgan fingerprint density at radius 3 is 2.24 bits per heavy atom. The molecule has 0 saturated heterocycles. The molecule has 0 atom stereocenters. The Morgan fingerprint density at radius 2 is 1.68 bits per heavy atom. The van der Waals surface area contributed by atoms with E-state index in [1.807, 2.05) is 6.07 Å². The van der Waals surface area contributed by atoms with Crippen LogP contribution in [0.1, 0.15) is 21.5 Å². The van der Waals surface area contributed by atoms with Crippen LogP contribution in [-0.2, 0) is 16.1 Å². The molecule has 0 fully saturated rings. The fourth-order valence-corrected chi connectivity index (χ4v) is 2.86. The fraction of sp³-hybridized carbons (Fsp3) is 0.0800. The van der Waals surface area contributed by atoms with Crippen molar-refractivity contribution in [1.29, 1.82) is 5.26 Å². The molecule has 9 nitrogen and oxygen atoms in total. The number of hydrogen-bond donors (Lipinski definition) is 1. The van der Waals surface area contributed by atoms with E-state index in [9.17, 15) is 25.0 Å². The Hall–Kier alpha value is -4.97. The van der Waals surface area contributed by atoms with Crippen LogP contribution < -0.4 is 10.1 Å². The second kappa shape index (κ2) is 11.1. The molecule has 0 spiro atoms. The van der Waals surface area contributed by atoms with Crippen LogP contribution in [0.25, 0.3) is 6.08 Å². The van der Waals surface area contributed by atoms with Gasteiger partial charge in [-0.3, -0.25) is 14.9 Å². The lowest BCUT2D eigenvalue weighted by Gasteiger charge is -2.07. The number of ether oxygens (including phenoxy) is 2. The van der Waals surface area contributed by atoms with Crippen molar-refractivity contribution in [2.45, 2.75) is 6.61 Å². The van der Waals surface area contributed by atoms with E-state index in [-0.39, 0.29) is 17.9 Å². The normalized spacial score (nSPS) is 10.6. The summed E-state index contributed by atoms with van der Waals surface area (Å²) < 4.78 is 10.3. The monoisotopic (exact) mass is 457 g/mol. The van der Waals surface area contributed by atoms with Crippen molar-refractivity contribution in [3.8, 4) is 11.8 Å². The number of hydrogen-bond acceptors (Lipinski definition) is 7. The van der Waals surface area contributed by atoms with Gasteiger partial charge >= 0.3 is 5.97 Å². The van der Waals surface area contributed by atoms with Crippen LogP contribution >= 0.6 is 0 Å². The summed E-state index contributed by atoms with van der Waals surface area (Å²) in [5.41, 5.74) is 2.07. The number of non-ortho nitro benzene ring substituents is 1. The van der Waals surface area contributed by atoms with Gasteiger partial charge < -0.3 is 14.8 Å². The van der Waals surface area contributed by atoms with Gasteiger partial charge in [0.25, 0.3) is 11.6 Å². The van der Waals surface area contributed by atoms with Crippen LogP contribution in [0.15, 0.2) is 78.4 Å². The maximum absolute atomic E-state index is 12.5. The molecule has 3 rings (SSSR count). The summed E-state index contributed by atoms with van der Waals surface area (Å²) >= 11 is 0. The molecule has 34 heavy (non-hydrogen) atoms. The van der Waals surface area contributed by atoms with Gasteiger partial charge in [0.15, 0.2) is 0 Å². The molecule has 3 aromatic rings. The molecule has 0 aliphatic rings. The molecular weight excluding hydrogens is 438 g/mol. The van der Waals surface area contributed by atoms with Gasteiger partial charge in [-0.05, 0) is 65.7 Å². The largest absolute Gasteiger partial charge is 0.489 e. The quantitative estimate of drug-likeness (QED) is 0.173. The molecule has 0 aliphatic heterocycles. The Balaban J connectivity index is 1.61. The van der Waals surface area contributed by atoms with Crippen LogP contribution in [0.2, 0.25) is 0 Å². The molecule has 0 unspecified atom stereocenters. The van der Waals surface area contributed by atoms with Gasteiger partial charge in [-0.2, -0.15) is 5.26 Å². The number of nitrogens with zero attached hydrogens (tertiary/aromatic N) is 2. The zero-order valence-corrected chi connectivity index (χ0v) is 18.1. The highest BCUT2D eigenvalue weighted by molar-refractivity contribution is 6.09. The van der Waals surface area contributed by atoms with Crippen molar-refractivity contribution in [2.24, 2.45) is 0 Å². The van der Waals surface area contributed by atoms with E-state index in [2.05, 4.69) is 10.1 Å². The van der Waals surface area contributed by atoms with Crippen molar-refractivity contribution in [2.75, 3.05) is 12.4 Å². The summed E-state index contributed by atoms with van der Waals surface area (Å²) in [6.07, 6.45) is 1.44. The van der Waals surface area contributed by atoms with Crippen molar-refractivity contribution in [1.82, 2.24) is 0 Å². The van der Waals surface area contributed by atoms with Gasteiger partial charge in [-0.15, -0.1) is 0 Å². The highest BCUT2D eigenvalue weighted by Gasteiger charge is 2.11. The minimum Gasteiger partial charge on any atom is -0.489 e. The predicted molar refractivity (Wildman–Crippen MR) is 124 cm³/mol. The molecule has 9 heteroatoms. The smallest absolute Gasteiger partial charge is 0.337 e. The SMILES string of the molecule is COC(=O)c1ccc(NC(=O)/C(C#N)=C/c2ccc(OCc3ccc([N+](=O)[O-])cc3)cc2)cc1. The van der Waals surface area contributed by atoms with Gasteiger partial charge in [0.2, 0.25) is 0 Å². The first kappa shape index (κ1) is 23.7. The van der Waals surface area contributed by atoms with Crippen molar-refractivity contribution >= 4 is 29.3 Å². The number of nitro benzene ring substituents is 1. The number of amides is 1. The van der Waals surface area contributed by atoms with Gasteiger partial charge in [0.1, 0.15) is 24.0 Å². The minimum absolute atomic E-state index is 0.00966. The molecule has 1 N–H and O–H groups in total. The van der Waals surface area contributed by atoms with Crippen LogP contribution in [0.5, 0.6) is 5.75 Å². The average Bonchev–Trinajstić information content (AvgIpc) is 2.86. The Labute approximate surface area is 195 Å². The van der Waals surface area contributed by atoms with E-state index in [4.69, 9.17) is 4.74 Å². The maximum Gasteiger partial charge on any atom is 0.337 e. The van der Waals surface area contributed by atoms with E-state index >= 15 is 0 Å².